The minimum absolute atomic E-state index is 0. The van der Waals surface area contributed by atoms with Crippen molar-refractivity contribution in [2.45, 2.75) is 30.1 Å². The molecule has 0 spiro atoms. The van der Waals surface area contributed by atoms with Crippen molar-refractivity contribution < 1.29 is 26.4 Å². The van der Waals surface area contributed by atoms with E-state index in [1.54, 1.807) is 36.4 Å². The number of fused-ring (bicyclic) bond motifs is 2. The first-order valence-corrected chi connectivity index (χ1v) is 15.3. The second-order valence-electron chi connectivity index (χ2n) is 8.66. The number of amides is 1. The zero-order valence-electron chi connectivity index (χ0n) is 21.5. The van der Waals surface area contributed by atoms with Gasteiger partial charge in [-0.3, -0.25) is 4.79 Å². The van der Waals surface area contributed by atoms with Crippen molar-refractivity contribution in [1.82, 2.24) is 15.3 Å². The zero-order chi connectivity index (χ0) is 27.2. The smallest absolute Gasteiger partial charge is 0.245 e. The number of ether oxygens (including phenoxy) is 1. The predicted octanol–water partition coefficient (Wildman–Crippen LogP) is 2.70. The van der Waals surface area contributed by atoms with Crippen LogP contribution in [0.25, 0.3) is 21.8 Å². The lowest BCUT2D eigenvalue weighted by Gasteiger charge is -2.04. The average molecular weight is 599 g/mol. The van der Waals surface area contributed by atoms with Crippen LogP contribution in [-0.2, 0) is 42.0 Å². The number of carbonyl (C=O) groups excluding carboxylic acids is 1. The summed E-state index contributed by atoms with van der Waals surface area (Å²) < 4.78 is 50.8. The molecular weight excluding hydrogens is 561 g/mol. The van der Waals surface area contributed by atoms with Crippen molar-refractivity contribution in [3.8, 4) is 0 Å². The quantitative estimate of drug-likeness (QED) is 0.230. The number of aromatic nitrogens is 2. The Kier molecular flexibility index (Phi) is 12.7. The number of rotatable bonds is 9. The molecule has 0 unspecified atom stereocenters. The number of hydrogen-bond donors (Lipinski definition) is 4. The third-order valence-corrected chi connectivity index (χ3v) is 7.96. The molecule has 2 heterocycles. The summed E-state index contributed by atoms with van der Waals surface area (Å²) in [5.74, 6) is -0.172. The van der Waals surface area contributed by atoms with E-state index in [-0.39, 0.29) is 33.4 Å². The van der Waals surface area contributed by atoms with Crippen LogP contribution in [0.3, 0.4) is 0 Å². The summed E-state index contributed by atoms with van der Waals surface area (Å²) in [4.78, 5) is 18.1. The highest BCUT2D eigenvalue weighted by atomic mass is 32.2. The number of nitrogens with two attached hydrogens (primary N) is 1. The van der Waals surface area contributed by atoms with Crippen molar-refractivity contribution >= 4 is 60.9 Å². The summed E-state index contributed by atoms with van der Waals surface area (Å²) in [5, 5.41) is 4.53. The molecule has 0 fully saturated rings. The highest BCUT2D eigenvalue weighted by Crippen LogP contribution is 2.23. The molecular formula is C26H38N4O6S3. The highest BCUT2D eigenvalue weighted by molar-refractivity contribution is 7.91. The maximum Gasteiger partial charge on any atom is 0.245 e. The molecule has 1 amide bonds. The summed E-state index contributed by atoms with van der Waals surface area (Å²) in [7, 11) is -4.92. The van der Waals surface area contributed by atoms with Crippen molar-refractivity contribution in [3.05, 3.63) is 59.9 Å². The van der Waals surface area contributed by atoms with Gasteiger partial charge in [0.1, 0.15) is 6.61 Å². The van der Waals surface area contributed by atoms with E-state index < -0.39 is 19.7 Å². The third-order valence-electron chi connectivity index (χ3n) is 5.74. The number of sulfone groups is 2. The number of carbonyl (C=O) groups is 1. The Hall–Kier alpha value is -2.84. The lowest BCUT2D eigenvalue weighted by atomic mass is 10.1. The Morgan fingerprint density at radius 2 is 1.33 bits per heavy atom. The van der Waals surface area contributed by atoms with Crippen LogP contribution < -0.4 is 11.1 Å². The molecule has 2 aromatic heterocycles. The summed E-state index contributed by atoms with van der Waals surface area (Å²) in [6.07, 6.45) is 7.47. The van der Waals surface area contributed by atoms with Gasteiger partial charge in [-0.1, -0.05) is 7.43 Å². The normalized spacial score (nSPS) is 11.3. The lowest BCUT2D eigenvalue weighted by molar-refractivity contribution is -0.124. The Morgan fingerprint density at radius 1 is 0.872 bits per heavy atom. The first-order valence-electron chi connectivity index (χ1n) is 11.5. The van der Waals surface area contributed by atoms with Crippen LogP contribution in [0.4, 0.5) is 0 Å². The molecule has 2 aromatic carbocycles. The van der Waals surface area contributed by atoms with Gasteiger partial charge in [-0.05, 0) is 66.9 Å². The van der Waals surface area contributed by atoms with Crippen LogP contribution >= 0.6 is 13.5 Å². The van der Waals surface area contributed by atoms with Gasteiger partial charge in [0.25, 0.3) is 0 Å². The van der Waals surface area contributed by atoms with Gasteiger partial charge in [-0.15, -0.1) is 0 Å². The van der Waals surface area contributed by atoms with Gasteiger partial charge in [-0.2, -0.15) is 13.5 Å². The second kappa shape index (κ2) is 14.5. The first-order chi connectivity index (χ1) is 17.4. The summed E-state index contributed by atoms with van der Waals surface area (Å²) in [6, 6.07) is 10.1. The van der Waals surface area contributed by atoms with Gasteiger partial charge < -0.3 is 25.8 Å². The van der Waals surface area contributed by atoms with Crippen LogP contribution in [0.2, 0.25) is 0 Å². The molecule has 0 bridgehead atoms. The monoisotopic (exact) mass is 598 g/mol. The van der Waals surface area contributed by atoms with E-state index in [4.69, 9.17) is 10.5 Å². The molecule has 0 saturated heterocycles. The van der Waals surface area contributed by atoms with Gasteiger partial charge in [0, 0.05) is 60.4 Å². The summed E-state index contributed by atoms with van der Waals surface area (Å²) >= 11 is 0. The number of nitrogens with one attached hydrogen (secondary N) is 3. The molecule has 13 heteroatoms. The summed E-state index contributed by atoms with van der Waals surface area (Å²) in [6.45, 7) is 1.06. The third kappa shape index (κ3) is 9.11. The van der Waals surface area contributed by atoms with Crippen LogP contribution in [0, 0.1) is 0 Å². The van der Waals surface area contributed by atoms with Gasteiger partial charge in [0.2, 0.25) is 5.91 Å². The van der Waals surface area contributed by atoms with Crippen LogP contribution in [0.5, 0.6) is 0 Å². The number of hydrogen-bond acceptors (Lipinski definition) is 7. The molecule has 4 aromatic rings. The molecule has 216 valence electrons. The molecule has 0 aliphatic heterocycles. The second-order valence-corrected chi connectivity index (χ2v) is 12.7. The number of benzene rings is 2. The van der Waals surface area contributed by atoms with Gasteiger partial charge in [0.05, 0.1) is 9.79 Å². The Bertz CT molecular complexity index is 1610. The molecule has 5 N–H and O–H groups in total. The largest absolute Gasteiger partial charge is 0.375 e. The van der Waals surface area contributed by atoms with E-state index in [1.807, 2.05) is 12.4 Å². The minimum atomic E-state index is -3.23. The number of H-pyrrole nitrogens is 2. The summed E-state index contributed by atoms with van der Waals surface area (Å²) in [5.41, 5.74) is 9.34. The fourth-order valence-corrected chi connectivity index (χ4v) is 5.16. The van der Waals surface area contributed by atoms with E-state index in [0.717, 1.165) is 39.4 Å². The van der Waals surface area contributed by atoms with Gasteiger partial charge in [0.15, 0.2) is 19.7 Å². The lowest BCUT2D eigenvalue weighted by Crippen LogP contribution is -2.28. The topological polar surface area (TPSA) is 164 Å². The fourth-order valence-electron chi connectivity index (χ4n) is 3.86. The van der Waals surface area contributed by atoms with Crippen molar-refractivity contribution in [2.75, 3.05) is 39.3 Å². The molecule has 39 heavy (non-hydrogen) atoms. The molecule has 4 rings (SSSR count). The number of aromatic amines is 2. The maximum atomic E-state index is 11.6. The molecule has 0 radical (unpaired) electrons. The maximum absolute atomic E-state index is 11.6. The van der Waals surface area contributed by atoms with E-state index >= 15 is 0 Å². The molecule has 0 aliphatic rings. The molecule has 0 aliphatic carbocycles. The average Bonchev–Trinajstić information content (AvgIpc) is 3.42. The van der Waals surface area contributed by atoms with Gasteiger partial charge in [-0.25, -0.2) is 16.8 Å². The molecule has 0 atom stereocenters. The zero-order valence-corrected chi connectivity index (χ0v) is 24.1. The molecule has 0 saturated carbocycles. The first kappa shape index (κ1) is 34.2. The van der Waals surface area contributed by atoms with Crippen LogP contribution in [0.1, 0.15) is 18.6 Å². The minimum Gasteiger partial charge on any atom is -0.375 e. The van der Waals surface area contributed by atoms with Crippen LogP contribution in [0.15, 0.2) is 58.6 Å². The Morgan fingerprint density at radius 3 is 1.74 bits per heavy atom. The highest BCUT2D eigenvalue weighted by Gasteiger charge is 2.12. The Balaban J connectivity index is 0.000000382. The predicted molar refractivity (Wildman–Crippen MR) is 161 cm³/mol. The molecule has 10 nitrogen and oxygen atoms in total. The van der Waals surface area contributed by atoms with Gasteiger partial charge >= 0.3 is 0 Å². The van der Waals surface area contributed by atoms with Crippen molar-refractivity contribution in [2.24, 2.45) is 5.73 Å². The fraction of sp³-hybridized carbons (Fsp3) is 0.346. The standard InChI is InChI=1S/C14H18N2O4S.C11H14N2O2S.CH4.H2S/c1-20-9-14(17)15-6-5-10-8-16-13-4-3-11(7-12(10)13)21(2,18)19;1-16(14,15)9-2-3-11-10(6-9)8(4-5-12)7-13-11;;/h3-4,7-8,16H,5-6,9H2,1-2H3,(H,15,17);2-3,6-7,13H,4-5,12H2,1H3;1H4;1H2. The van der Waals surface area contributed by atoms with Crippen LogP contribution in [-0.4, -0.2) is 72.0 Å². The van der Waals surface area contributed by atoms with E-state index in [9.17, 15) is 21.6 Å². The Labute approximate surface area is 237 Å². The van der Waals surface area contributed by atoms with E-state index in [2.05, 4.69) is 15.3 Å². The van der Waals surface area contributed by atoms with E-state index in [1.165, 1.54) is 19.6 Å². The SMILES string of the molecule is C.COCC(=O)NCCc1c[nH]c2ccc(S(C)(=O)=O)cc12.CS(=O)(=O)c1ccc2[nH]cc(CCN)c2c1.S. The number of methoxy groups -OCH3 is 1. The van der Waals surface area contributed by atoms with Crippen molar-refractivity contribution in [1.29, 1.82) is 0 Å². The van der Waals surface area contributed by atoms with Crippen molar-refractivity contribution in [3.63, 3.8) is 0 Å². The van der Waals surface area contributed by atoms with E-state index in [0.29, 0.717) is 29.3 Å².